The van der Waals surface area contributed by atoms with Crippen molar-refractivity contribution < 1.29 is 18.9 Å². The molecule has 6 nitrogen and oxygen atoms in total. The zero-order valence-electron chi connectivity index (χ0n) is 9.48. The van der Waals surface area contributed by atoms with Crippen molar-refractivity contribution in [1.29, 1.82) is 0 Å². The van der Waals surface area contributed by atoms with Gasteiger partial charge in [0.1, 0.15) is 6.61 Å². The summed E-state index contributed by atoms with van der Waals surface area (Å²) in [5.41, 5.74) is 0. The van der Waals surface area contributed by atoms with Crippen LogP contribution >= 0.6 is 0 Å². The van der Waals surface area contributed by atoms with Gasteiger partial charge in [0.25, 0.3) is 0 Å². The van der Waals surface area contributed by atoms with Crippen molar-refractivity contribution in [3.05, 3.63) is 12.3 Å². The third-order valence-corrected chi connectivity index (χ3v) is 1.76. The van der Waals surface area contributed by atoms with Gasteiger partial charge in [0.2, 0.25) is 5.88 Å². The van der Waals surface area contributed by atoms with Gasteiger partial charge < -0.3 is 18.9 Å². The largest absolute Gasteiger partial charge is 0.474 e. The molecule has 0 fully saturated rings. The molecule has 0 spiro atoms. The van der Waals surface area contributed by atoms with Gasteiger partial charge in [-0.1, -0.05) is 0 Å². The number of H-pyrrole nitrogens is 1. The molecule has 1 rings (SSSR count). The summed E-state index contributed by atoms with van der Waals surface area (Å²) in [6.45, 7) is 3.37. The predicted molar refractivity (Wildman–Crippen MR) is 57.6 cm³/mol. The zero-order valence-corrected chi connectivity index (χ0v) is 9.48. The van der Waals surface area contributed by atoms with E-state index >= 15 is 0 Å². The monoisotopic (exact) mass is 230 g/mol. The van der Waals surface area contributed by atoms with Gasteiger partial charge in [-0.3, -0.25) is 5.10 Å². The number of methoxy groups -OCH3 is 1. The van der Waals surface area contributed by atoms with Crippen molar-refractivity contribution in [2.75, 3.05) is 46.8 Å². The fourth-order valence-corrected chi connectivity index (χ4v) is 0.996. The number of ether oxygens (including phenoxy) is 4. The second kappa shape index (κ2) is 9.14. The Hall–Kier alpha value is -1.11. The molecule has 0 atom stereocenters. The van der Waals surface area contributed by atoms with Gasteiger partial charge in [-0.15, -0.1) is 5.10 Å². The Morgan fingerprint density at radius 2 is 1.75 bits per heavy atom. The predicted octanol–water partition coefficient (Wildman–Crippen LogP) is 0.468. The molecule has 0 aliphatic carbocycles. The van der Waals surface area contributed by atoms with Gasteiger partial charge in [0.05, 0.1) is 33.0 Å². The van der Waals surface area contributed by atoms with Crippen molar-refractivity contribution in [3.8, 4) is 5.88 Å². The molecule has 1 aromatic heterocycles. The van der Waals surface area contributed by atoms with E-state index in [1.54, 1.807) is 19.4 Å². The fourth-order valence-electron chi connectivity index (χ4n) is 0.996. The lowest BCUT2D eigenvalue weighted by molar-refractivity contribution is 0.0176. The van der Waals surface area contributed by atoms with Crippen molar-refractivity contribution in [1.82, 2.24) is 10.2 Å². The van der Waals surface area contributed by atoms with E-state index in [1.165, 1.54) is 0 Å². The third-order valence-electron chi connectivity index (χ3n) is 1.76. The lowest BCUT2D eigenvalue weighted by Crippen LogP contribution is -2.12. The normalized spacial score (nSPS) is 10.6. The summed E-state index contributed by atoms with van der Waals surface area (Å²) in [5.74, 6) is 0.583. The van der Waals surface area contributed by atoms with Crippen LogP contribution < -0.4 is 4.74 Å². The lowest BCUT2D eigenvalue weighted by atomic mass is 10.7. The highest BCUT2D eigenvalue weighted by atomic mass is 16.6. The molecule has 0 amide bonds. The van der Waals surface area contributed by atoms with Crippen LogP contribution in [0.15, 0.2) is 12.3 Å². The molecule has 1 N–H and O–H groups in total. The summed E-state index contributed by atoms with van der Waals surface area (Å²) in [7, 11) is 1.65. The van der Waals surface area contributed by atoms with Crippen molar-refractivity contribution in [2.45, 2.75) is 0 Å². The highest BCUT2D eigenvalue weighted by Gasteiger charge is 1.94. The van der Waals surface area contributed by atoms with E-state index in [-0.39, 0.29) is 0 Å². The first kappa shape index (κ1) is 13.0. The van der Waals surface area contributed by atoms with E-state index in [1.807, 2.05) is 0 Å². The van der Waals surface area contributed by atoms with Gasteiger partial charge in [-0.25, -0.2) is 0 Å². The first-order valence-corrected chi connectivity index (χ1v) is 5.20. The lowest BCUT2D eigenvalue weighted by Gasteiger charge is -2.05. The summed E-state index contributed by atoms with van der Waals surface area (Å²) in [5, 5.41) is 6.51. The van der Waals surface area contributed by atoms with Crippen LogP contribution in [0.5, 0.6) is 5.88 Å². The maximum absolute atomic E-state index is 5.28. The fraction of sp³-hybridized carbons (Fsp3) is 0.700. The molecule has 0 bridgehead atoms. The number of nitrogens with one attached hydrogen (secondary N) is 1. The van der Waals surface area contributed by atoms with Gasteiger partial charge in [0.15, 0.2) is 0 Å². The van der Waals surface area contributed by atoms with Crippen molar-refractivity contribution in [3.63, 3.8) is 0 Å². The minimum Gasteiger partial charge on any atom is -0.474 e. The van der Waals surface area contributed by atoms with Gasteiger partial charge in [-0.2, -0.15) is 0 Å². The van der Waals surface area contributed by atoms with E-state index in [9.17, 15) is 0 Å². The molecule has 0 aliphatic rings. The van der Waals surface area contributed by atoms with Crippen LogP contribution in [-0.4, -0.2) is 56.9 Å². The molecule has 1 aromatic rings. The molecular weight excluding hydrogens is 212 g/mol. The first-order chi connectivity index (χ1) is 7.93. The molecule has 0 saturated carbocycles. The minimum absolute atomic E-state index is 0.489. The third kappa shape index (κ3) is 6.39. The second-order valence-corrected chi connectivity index (χ2v) is 2.98. The Morgan fingerprint density at radius 1 is 1.06 bits per heavy atom. The Labute approximate surface area is 94.8 Å². The maximum atomic E-state index is 5.28. The van der Waals surface area contributed by atoms with Crippen LogP contribution in [0, 0.1) is 0 Å². The average molecular weight is 230 g/mol. The maximum Gasteiger partial charge on any atom is 0.232 e. The Morgan fingerprint density at radius 3 is 2.38 bits per heavy atom. The highest BCUT2D eigenvalue weighted by Crippen LogP contribution is 2.00. The molecule has 16 heavy (non-hydrogen) atoms. The van der Waals surface area contributed by atoms with Crippen molar-refractivity contribution >= 4 is 0 Å². The number of rotatable bonds is 10. The Balaban J connectivity index is 1.78. The number of hydrogen-bond donors (Lipinski definition) is 1. The van der Waals surface area contributed by atoms with E-state index < -0.39 is 0 Å². The molecule has 0 aliphatic heterocycles. The summed E-state index contributed by atoms with van der Waals surface area (Å²) in [6.07, 6.45) is 1.71. The number of nitrogens with zero attached hydrogens (tertiary/aromatic N) is 1. The summed E-state index contributed by atoms with van der Waals surface area (Å²) in [6, 6.07) is 1.76. The molecule has 1 heterocycles. The Kier molecular flexibility index (Phi) is 7.40. The standard InChI is InChI=1S/C10H18N2O4/c1-13-4-5-14-6-7-15-8-9-16-10-2-3-11-12-10/h2-3H,4-9H2,1H3,(H,11,12). The topological polar surface area (TPSA) is 65.6 Å². The summed E-state index contributed by atoms with van der Waals surface area (Å²) >= 11 is 0. The van der Waals surface area contributed by atoms with Crippen LogP contribution in [0.3, 0.4) is 0 Å². The number of aromatic amines is 1. The van der Waals surface area contributed by atoms with Crippen LogP contribution in [0.1, 0.15) is 0 Å². The summed E-state index contributed by atoms with van der Waals surface area (Å²) < 4.78 is 20.6. The van der Waals surface area contributed by atoms with Gasteiger partial charge in [-0.05, 0) is 0 Å². The average Bonchev–Trinajstić information content (AvgIpc) is 2.80. The molecule has 0 unspecified atom stereocenters. The second-order valence-electron chi connectivity index (χ2n) is 2.98. The van der Waals surface area contributed by atoms with Gasteiger partial charge in [0, 0.05) is 19.4 Å². The van der Waals surface area contributed by atoms with E-state index in [0.29, 0.717) is 45.5 Å². The SMILES string of the molecule is COCCOCCOCCOc1cc[nH]n1. The molecule has 0 aromatic carbocycles. The quantitative estimate of drug-likeness (QED) is 0.592. The first-order valence-electron chi connectivity index (χ1n) is 5.20. The van der Waals surface area contributed by atoms with E-state index in [4.69, 9.17) is 18.9 Å². The van der Waals surface area contributed by atoms with Crippen LogP contribution in [0.4, 0.5) is 0 Å². The molecule has 0 radical (unpaired) electrons. The number of aromatic nitrogens is 2. The summed E-state index contributed by atoms with van der Waals surface area (Å²) in [4.78, 5) is 0. The van der Waals surface area contributed by atoms with E-state index in [2.05, 4.69) is 10.2 Å². The highest BCUT2D eigenvalue weighted by molar-refractivity contribution is 5.03. The smallest absolute Gasteiger partial charge is 0.232 e. The van der Waals surface area contributed by atoms with Crippen LogP contribution in [-0.2, 0) is 14.2 Å². The zero-order chi connectivity index (χ0) is 11.5. The molecule has 92 valence electrons. The molecular formula is C10H18N2O4. The van der Waals surface area contributed by atoms with Gasteiger partial charge >= 0.3 is 0 Å². The minimum atomic E-state index is 0.489. The number of hydrogen-bond acceptors (Lipinski definition) is 5. The van der Waals surface area contributed by atoms with Crippen LogP contribution in [0.25, 0.3) is 0 Å². The van der Waals surface area contributed by atoms with E-state index in [0.717, 1.165) is 0 Å². The Bertz CT molecular complexity index is 241. The van der Waals surface area contributed by atoms with Crippen molar-refractivity contribution in [2.24, 2.45) is 0 Å². The molecule has 6 heteroatoms. The van der Waals surface area contributed by atoms with Crippen LogP contribution in [0.2, 0.25) is 0 Å². The molecule has 0 saturated heterocycles.